The molecule has 1 N–H and O–H groups in total. The van der Waals surface area contributed by atoms with Gasteiger partial charge >= 0.3 is 5.97 Å². The molecule has 20 heavy (non-hydrogen) atoms. The van der Waals surface area contributed by atoms with Gasteiger partial charge in [0.15, 0.2) is 0 Å². The normalized spacial score (nSPS) is 23.2. The highest BCUT2D eigenvalue weighted by molar-refractivity contribution is 9.10. The molecule has 1 heterocycles. The number of nitrogens with zero attached hydrogens (tertiary/aromatic N) is 1. The highest BCUT2D eigenvalue weighted by atomic mass is 79.9. The summed E-state index contributed by atoms with van der Waals surface area (Å²) in [5.74, 6) is -0.266. The molecule has 1 saturated heterocycles. The van der Waals surface area contributed by atoms with Crippen LogP contribution in [0.1, 0.15) is 32.3 Å². The molecule has 0 radical (unpaired) electrons. The van der Waals surface area contributed by atoms with Crippen LogP contribution in [0.5, 0.6) is 0 Å². The fourth-order valence-electron chi connectivity index (χ4n) is 2.74. The Balaban J connectivity index is 2.38. The van der Waals surface area contributed by atoms with E-state index in [9.17, 15) is 4.79 Å². The zero-order chi connectivity index (χ0) is 14.7. The number of aliphatic carboxylic acids is 1. The summed E-state index contributed by atoms with van der Waals surface area (Å²) in [6, 6.07) is 6.46. The summed E-state index contributed by atoms with van der Waals surface area (Å²) in [5.41, 5.74) is 2.06. The number of hydrogen-bond donors (Lipinski definition) is 1. The van der Waals surface area contributed by atoms with Gasteiger partial charge in [-0.25, -0.2) is 4.79 Å². The van der Waals surface area contributed by atoms with Crippen molar-refractivity contribution in [1.82, 2.24) is 0 Å². The first kappa shape index (κ1) is 15.1. The number of carboxylic acids is 1. The Labute approximate surface area is 128 Å². The second kappa shape index (κ2) is 6.44. The minimum atomic E-state index is -0.918. The molecule has 0 bridgehead atoms. The maximum absolute atomic E-state index is 10.7. The maximum atomic E-state index is 10.7. The summed E-state index contributed by atoms with van der Waals surface area (Å²) in [6.07, 6.45) is 5.31. The van der Waals surface area contributed by atoms with Crippen molar-refractivity contribution in [2.24, 2.45) is 5.92 Å². The van der Waals surface area contributed by atoms with Gasteiger partial charge in [-0.05, 0) is 49.5 Å². The molecular weight excluding hydrogens is 318 g/mol. The predicted molar refractivity (Wildman–Crippen MR) is 86.0 cm³/mol. The summed E-state index contributed by atoms with van der Waals surface area (Å²) in [7, 11) is 0. The molecule has 1 aromatic carbocycles. The zero-order valence-corrected chi connectivity index (χ0v) is 13.4. The first-order valence-corrected chi connectivity index (χ1v) is 7.75. The van der Waals surface area contributed by atoms with E-state index in [1.807, 2.05) is 12.1 Å². The highest BCUT2D eigenvalue weighted by Gasteiger charge is 2.26. The van der Waals surface area contributed by atoms with Crippen LogP contribution in [0.25, 0.3) is 6.08 Å². The van der Waals surface area contributed by atoms with Gasteiger partial charge in [-0.3, -0.25) is 0 Å². The van der Waals surface area contributed by atoms with E-state index in [4.69, 9.17) is 5.11 Å². The molecule has 0 saturated carbocycles. The molecule has 4 heteroatoms. The van der Waals surface area contributed by atoms with Crippen LogP contribution in [0.2, 0.25) is 0 Å². The van der Waals surface area contributed by atoms with Crippen LogP contribution in [0.4, 0.5) is 5.69 Å². The molecule has 2 rings (SSSR count). The monoisotopic (exact) mass is 337 g/mol. The van der Waals surface area contributed by atoms with Gasteiger partial charge in [0.1, 0.15) is 0 Å². The van der Waals surface area contributed by atoms with Crippen molar-refractivity contribution >= 4 is 33.7 Å². The number of hydrogen-bond acceptors (Lipinski definition) is 2. The summed E-state index contributed by atoms with van der Waals surface area (Å²) < 4.78 is 1.02. The largest absolute Gasteiger partial charge is 0.478 e. The molecule has 1 aliphatic heterocycles. The highest BCUT2D eigenvalue weighted by Crippen LogP contribution is 2.33. The van der Waals surface area contributed by atoms with E-state index in [2.05, 4.69) is 40.7 Å². The van der Waals surface area contributed by atoms with E-state index < -0.39 is 5.97 Å². The van der Waals surface area contributed by atoms with Crippen molar-refractivity contribution in [1.29, 1.82) is 0 Å². The Hall–Kier alpha value is -1.29. The van der Waals surface area contributed by atoms with Crippen molar-refractivity contribution in [2.45, 2.75) is 32.7 Å². The van der Waals surface area contributed by atoms with Crippen LogP contribution in [0.15, 0.2) is 28.7 Å². The van der Waals surface area contributed by atoms with E-state index in [1.165, 1.54) is 18.9 Å². The minimum absolute atomic E-state index is 0.468. The summed E-state index contributed by atoms with van der Waals surface area (Å²) in [5, 5.41) is 8.81. The molecule has 3 nitrogen and oxygen atoms in total. The standard InChI is InChI=1S/C16H20BrNO2/c1-11-4-3-9-18(12(11)2)15-10-14(17)7-5-13(15)6-8-16(19)20/h5-8,10-12H,3-4,9H2,1-2H3,(H,19,20). The Morgan fingerprint density at radius 3 is 2.90 bits per heavy atom. The number of benzene rings is 1. The van der Waals surface area contributed by atoms with E-state index in [1.54, 1.807) is 6.08 Å². The van der Waals surface area contributed by atoms with E-state index in [-0.39, 0.29) is 0 Å². The zero-order valence-electron chi connectivity index (χ0n) is 11.8. The van der Waals surface area contributed by atoms with Gasteiger partial charge in [0.25, 0.3) is 0 Å². The van der Waals surface area contributed by atoms with Gasteiger partial charge in [0.05, 0.1) is 0 Å². The topological polar surface area (TPSA) is 40.5 Å². The third kappa shape index (κ3) is 3.42. The van der Waals surface area contributed by atoms with Gasteiger partial charge in [0, 0.05) is 28.8 Å². The molecule has 2 unspecified atom stereocenters. The smallest absolute Gasteiger partial charge is 0.328 e. The molecule has 0 aliphatic carbocycles. The lowest BCUT2D eigenvalue weighted by Gasteiger charge is -2.40. The van der Waals surface area contributed by atoms with Crippen LogP contribution in [0.3, 0.4) is 0 Å². The van der Waals surface area contributed by atoms with Crippen LogP contribution < -0.4 is 4.90 Å². The third-order valence-electron chi connectivity index (χ3n) is 4.08. The van der Waals surface area contributed by atoms with Crippen LogP contribution in [-0.2, 0) is 4.79 Å². The summed E-state index contributed by atoms with van der Waals surface area (Å²) >= 11 is 3.51. The van der Waals surface area contributed by atoms with Crippen LogP contribution in [0, 0.1) is 5.92 Å². The van der Waals surface area contributed by atoms with Crippen LogP contribution in [-0.4, -0.2) is 23.7 Å². The Bertz CT molecular complexity index is 527. The van der Waals surface area contributed by atoms with Crippen molar-refractivity contribution < 1.29 is 9.90 Å². The number of rotatable bonds is 3. The lowest BCUT2D eigenvalue weighted by atomic mass is 9.91. The minimum Gasteiger partial charge on any atom is -0.478 e. The predicted octanol–water partition coefficient (Wildman–Crippen LogP) is 4.17. The fraction of sp³-hybridized carbons (Fsp3) is 0.438. The molecule has 1 fully saturated rings. The van der Waals surface area contributed by atoms with Crippen molar-refractivity contribution in [3.05, 3.63) is 34.3 Å². The first-order valence-electron chi connectivity index (χ1n) is 6.96. The molecule has 0 aromatic heterocycles. The Morgan fingerprint density at radius 2 is 2.20 bits per heavy atom. The van der Waals surface area contributed by atoms with Gasteiger partial charge in [-0.15, -0.1) is 0 Å². The van der Waals surface area contributed by atoms with Crippen LogP contribution >= 0.6 is 15.9 Å². The second-order valence-corrected chi connectivity index (χ2v) is 6.34. The molecule has 2 atom stereocenters. The Kier molecular flexibility index (Phi) is 4.86. The van der Waals surface area contributed by atoms with E-state index in [0.29, 0.717) is 12.0 Å². The molecule has 1 aromatic rings. The van der Waals surface area contributed by atoms with Gasteiger partial charge in [-0.1, -0.05) is 28.9 Å². The lowest BCUT2D eigenvalue weighted by Crippen LogP contribution is -2.42. The van der Waals surface area contributed by atoms with Crippen molar-refractivity contribution in [3.8, 4) is 0 Å². The van der Waals surface area contributed by atoms with Crippen molar-refractivity contribution in [3.63, 3.8) is 0 Å². The maximum Gasteiger partial charge on any atom is 0.328 e. The first-order chi connectivity index (χ1) is 9.49. The molecular formula is C16H20BrNO2. The third-order valence-corrected chi connectivity index (χ3v) is 4.57. The number of halogens is 1. The Morgan fingerprint density at radius 1 is 1.45 bits per heavy atom. The quantitative estimate of drug-likeness (QED) is 0.841. The molecule has 0 spiro atoms. The number of carboxylic acid groups (broad SMARTS) is 1. The number of piperidine rings is 1. The van der Waals surface area contributed by atoms with Gasteiger partial charge < -0.3 is 10.0 Å². The SMILES string of the molecule is CC1CCCN(c2cc(Br)ccc2C=CC(=O)O)C1C. The summed E-state index contributed by atoms with van der Waals surface area (Å²) in [4.78, 5) is 13.1. The average molecular weight is 338 g/mol. The molecule has 108 valence electrons. The summed E-state index contributed by atoms with van der Waals surface area (Å²) in [6.45, 7) is 5.55. The molecule has 1 aliphatic rings. The molecule has 0 amide bonds. The van der Waals surface area contributed by atoms with Crippen molar-refractivity contribution in [2.75, 3.05) is 11.4 Å². The number of anilines is 1. The number of carbonyl (C=O) groups is 1. The van der Waals surface area contributed by atoms with E-state index >= 15 is 0 Å². The van der Waals surface area contributed by atoms with E-state index in [0.717, 1.165) is 22.3 Å². The second-order valence-electron chi connectivity index (χ2n) is 5.43. The lowest BCUT2D eigenvalue weighted by molar-refractivity contribution is -0.131. The van der Waals surface area contributed by atoms with Gasteiger partial charge in [-0.2, -0.15) is 0 Å². The average Bonchev–Trinajstić information content (AvgIpc) is 2.40. The fourth-order valence-corrected chi connectivity index (χ4v) is 3.09. The van der Waals surface area contributed by atoms with Gasteiger partial charge in [0.2, 0.25) is 0 Å².